The number of anilines is 1. The molecule has 0 spiro atoms. The van der Waals surface area contributed by atoms with Gasteiger partial charge in [0.25, 0.3) is 0 Å². The van der Waals surface area contributed by atoms with Crippen LogP contribution in [0.2, 0.25) is 5.02 Å². The van der Waals surface area contributed by atoms with Crippen LogP contribution in [0.3, 0.4) is 0 Å². The molecule has 32 heavy (non-hydrogen) atoms. The number of ether oxygens (including phenoxy) is 2. The number of hydrogen-bond acceptors (Lipinski definition) is 6. The highest BCUT2D eigenvalue weighted by molar-refractivity contribution is 7.10. The van der Waals surface area contributed by atoms with E-state index in [4.69, 9.17) is 26.3 Å². The molecule has 1 aliphatic rings. The summed E-state index contributed by atoms with van der Waals surface area (Å²) in [6.07, 6.45) is 0.799. The fourth-order valence-electron chi connectivity index (χ4n) is 4.02. The van der Waals surface area contributed by atoms with Crippen LogP contribution in [0.25, 0.3) is 0 Å². The van der Waals surface area contributed by atoms with Crippen LogP contribution in [0.4, 0.5) is 5.69 Å². The topological polar surface area (TPSA) is 74.6 Å². The third-order valence-electron chi connectivity index (χ3n) is 5.51. The fraction of sp³-hybridized carbons (Fsp3) is 0.250. The summed E-state index contributed by atoms with van der Waals surface area (Å²) in [6.45, 7) is 0.945. The van der Waals surface area contributed by atoms with Gasteiger partial charge in [-0.3, -0.25) is 9.69 Å². The molecule has 4 rings (SSSR count). The zero-order valence-corrected chi connectivity index (χ0v) is 19.3. The number of hydrogen-bond donors (Lipinski definition) is 1. The minimum atomic E-state index is -0.142. The van der Waals surface area contributed by atoms with Crippen LogP contribution in [0, 0.1) is 11.3 Å². The molecular weight excluding hydrogens is 446 g/mol. The summed E-state index contributed by atoms with van der Waals surface area (Å²) in [6, 6.07) is 15.0. The number of rotatable bonds is 6. The Labute approximate surface area is 195 Å². The molecule has 3 aromatic rings. The van der Waals surface area contributed by atoms with Crippen molar-refractivity contribution in [3.63, 3.8) is 0 Å². The van der Waals surface area contributed by atoms with E-state index in [1.807, 2.05) is 29.6 Å². The molecule has 1 atom stereocenters. The molecule has 1 unspecified atom stereocenters. The Hall–Kier alpha value is -3.05. The predicted octanol–water partition coefficient (Wildman–Crippen LogP) is 4.88. The molecule has 0 bridgehead atoms. The Morgan fingerprint density at radius 1 is 1.25 bits per heavy atom. The maximum Gasteiger partial charge on any atom is 0.238 e. The molecule has 164 valence electrons. The molecule has 1 N–H and O–H groups in total. The van der Waals surface area contributed by atoms with Crippen LogP contribution in [-0.2, 0) is 11.2 Å². The standard InChI is InChI=1S/C24H22ClN3O3S/c1-30-20-10-15-7-8-28(14-23(29)27-17-6-5-16(13-26)19(25)11-17)24(22-4-3-9-32-22)18(15)12-21(20)31-2/h3-6,9-12,24H,7-8,14H2,1-2H3,(H,27,29). The Morgan fingerprint density at radius 2 is 2.03 bits per heavy atom. The third-order valence-corrected chi connectivity index (χ3v) is 6.74. The first-order valence-corrected chi connectivity index (χ1v) is 11.3. The fourth-order valence-corrected chi connectivity index (χ4v) is 5.12. The van der Waals surface area contributed by atoms with Crippen molar-refractivity contribution < 1.29 is 14.3 Å². The van der Waals surface area contributed by atoms with Crippen LogP contribution in [0.5, 0.6) is 11.5 Å². The number of nitrogens with one attached hydrogen (secondary N) is 1. The molecular formula is C24H22ClN3O3S. The second-order valence-electron chi connectivity index (χ2n) is 7.40. The van der Waals surface area contributed by atoms with Crippen molar-refractivity contribution in [3.05, 3.63) is 74.4 Å². The highest BCUT2D eigenvalue weighted by Gasteiger charge is 2.32. The first-order valence-electron chi connectivity index (χ1n) is 10.1. The van der Waals surface area contributed by atoms with Gasteiger partial charge in [-0.2, -0.15) is 5.26 Å². The lowest BCUT2D eigenvalue weighted by Gasteiger charge is -2.37. The van der Waals surface area contributed by atoms with Gasteiger partial charge in [0.05, 0.1) is 37.4 Å². The maximum absolute atomic E-state index is 12.9. The predicted molar refractivity (Wildman–Crippen MR) is 126 cm³/mol. The zero-order chi connectivity index (χ0) is 22.7. The van der Waals surface area contributed by atoms with E-state index in [0.29, 0.717) is 27.8 Å². The summed E-state index contributed by atoms with van der Waals surface area (Å²) >= 11 is 7.76. The molecule has 2 heterocycles. The zero-order valence-electron chi connectivity index (χ0n) is 17.7. The van der Waals surface area contributed by atoms with E-state index >= 15 is 0 Å². The highest BCUT2D eigenvalue weighted by Crippen LogP contribution is 2.42. The van der Waals surface area contributed by atoms with Gasteiger partial charge in [-0.25, -0.2) is 0 Å². The van der Waals surface area contributed by atoms with E-state index in [0.717, 1.165) is 23.4 Å². The molecule has 2 aromatic carbocycles. The van der Waals surface area contributed by atoms with Crippen molar-refractivity contribution in [2.24, 2.45) is 0 Å². The van der Waals surface area contributed by atoms with Crippen LogP contribution in [0.15, 0.2) is 47.8 Å². The Kier molecular flexibility index (Phi) is 6.66. The lowest BCUT2D eigenvalue weighted by molar-refractivity contribution is -0.117. The Morgan fingerprint density at radius 3 is 2.69 bits per heavy atom. The number of carbonyl (C=O) groups excluding carboxylic acids is 1. The molecule has 1 amide bonds. The minimum absolute atomic E-state index is 0.0612. The molecule has 1 aromatic heterocycles. The molecule has 0 saturated heterocycles. The number of methoxy groups -OCH3 is 2. The number of amides is 1. The molecule has 0 saturated carbocycles. The maximum atomic E-state index is 12.9. The summed E-state index contributed by atoms with van der Waals surface area (Å²) in [5.74, 6) is 1.24. The Bertz CT molecular complexity index is 1170. The average Bonchev–Trinajstić information content (AvgIpc) is 3.32. The first kappa shape index (κ1) is 22.2. The van der Waals surface area contributed by atoms with Crippen molar-refractivity contribution in [1.82, 2.24) is 4.90 Å². The molecule has 0 radical (unpaired) electrons. The SMILES string of the molecule is COc1cc2c(cc1OC)C(c1cccs1)N(CC(=O)Nc1ccc(C#N)c(Cl)c1)CC2. The van der Waals surface area contributed by atoms with E-state index < -0.39 is 0 Å². The lowest BCUT2D eigenvalue weighted by atomic mass is 9.91. The summed E-state index contributed by atoms with van der Waals surface area (Å²) in [4.78, 5) is 16.2. The quantitative estimate of drug-likeness (QED) is 0.559. The van der Waals surface area contributed by atoms with Crippen LogP contribution in [0.1, 0.15) is 27.6 Å². The number of halogens is 1. The number of thiophene rings is 1. The third kappa shape index (κ3) is 4.44. The van der Waals surface area contributed by atoms with Gasteiger partial charge in [-0.1, -0.05) is 17.7 Å². The second kappa shape index (κ2) is 9.61. The summed E-state index contributed by atoms with van der Waals surface area (Å²) in [5, 5.41) is 14.3. The number of fused-ring (bicyclic) bond motifs is 1. The van der Waals surface area contributed by atoms with Gasteiger partial charge in [0.1, 0.15) is 6.07 Å². The lowest BCUT2D eigenvalue weighted by Crippen LogP contribution is -2.40. The van der Waals surface area contributed by atoms with E-state index in [2.05, 4.69) is 16.3 Å². The van der Waals surface area contributed by atoms with Crippen molar-refractivity contribution in [2.45, 2.75) is 12.5 Å². The van der Waals surface area contributed by atoms with Crippen LogP contribution in [-0.4, -0.2) is 38.1 Å². The van der Waals surface area contributed by atoms with Gasteiger partial charge in [0.15, 0.2) is 11.5 Å². The second-order valence-corrected chi connectivity index (χ2v) is 8.79. The van der Waals surface area contributed by atoms with Gasteiger partial charge in [0.2, 0.25) is 5.91 Å². The van der Waals surface area contributed by atoms with Crippen molar-refractivity contribution >= 4 is 34.5 Å². The van der Waals surface area contributed by atoms with Crippen molar-refractivity contribution in [1.29, 1.82) is 5.26 Å². The largest absolute Gasteiger partial charge is 0.493 e. The molecule has 0 fully saturated rings. The van der Waals surface area contributed by atoms with Crippen molar-refractivity contribution in [2.75, 3.05) is 32.6 Å². The number of carbonyl (C=O) groups is 1. The minimum Gasteiger partial charge on any atom is -0.493 e. The molecule has 8 heteroatoms. The molecule has 6 nitrogen and oxygen atoms in total. The van der Waals surface area contributed by atoms with E-state index in [9.17, 15) is 4.79 Å². The molecule has 0 aliphatic carbocycles. The summed E-state index contributed by atoms with van der Waals surface area (Å²) in [7, 11) is 3.26. The van der Waals surface area contributed by atoms with Gasteiger partial charge in [-0.15, -0.1) is 11.3 Å². The van der Waals surface area contributed by atoms with E-state index in [1.54, 1.807) is 43.8 Å². The summed E-state index contributed by atoms with van der Waals surface area (Å²) in [5.41, 5.74) is 3.25. The normalized spacial score (nSPS) is 15.5. The van der Waals surface area contributed by atoms with Crippen LogP contribution >= 0.6 is 22.9 Å². The molecule has 1 aliphatic heterocycles. The van der Waals surface area contributed by atoms with Crippen molar-refractivity contribution in [3.8, 4) is 17.6 Å². The van der Waals surface area contributed by atoms with E-state index in [-0.39, 0.29) is 18.5 Å². The smallest absolute Gasteiger partial charge is 0.238 e. The monoisotopic (exact) mass is 467 g/mol. The van der Waals surface area contributed by atoms with E-state index in [1.165, 1.54) is 5.56 Å². The Balaban J connectivity index is 1.60. The number of benzene rings is 2. The summed E-state index contributed by atoms with van der Waals surface area (Å²) < 4.78 is 11.0. The first-order chi connectivity index (χ1) is 15.5. The highest BCUT2D eigenvalue weighted by atomic mass is 35.5. The van der Waals surface area contributed by atoms with Gasteiger partial charge < -0.3 is 14.8 Å². The van der Waals surface area contributed by atoms with Gasteiger partial charge in [0, 0.05) is 17.1 Å². The van der Waals surface area contributed by atoms with Crippen LogP contribution < -0.4 is 14.8 Å². The number of nitriles is 1. The average molecular weight is 468 g/mol. The number of nitrogens with zero attached hydrogens (tertiary/aromatic N) is 2. The van der Waals surface area contributed by atoms with Gasteiger partial charge >= 0.3 is 0 Å². The van der Waals surface area contributed by atoms with Gasteiger partial charge in [-0.05, 0) is 59.3 Å².